The molecule has 0 atom stereocenters. The van der Waals surface area contributed by atoms with E-state index in [1.165, 1.54) is 5.56 Å². The van der Waals surface area contributed by atoms with Crippen LogP contribution in [0.4, 0.5) is 5.69 Å². The molecular formula is C22H16N4O. The molecule has 5 rings (SSSR count). The number of nitrogens with zero attached hydrogens (tertiary/aromatic N) is 3. The number of hydrogen-bond acceptors (Lipinski definition) is 5. The second kappa shape index (κ2) is 6.53. The van der Waals surface area contributed by atoms with Crippen molar-refractivity contribution in [2.75, 3.05) is 5.32 Å². The van der Waals surface area contributed by atoms with Crippen LogP contribution in [0.25, 0.3) is 33.1 Å². The molecule has 0 unspecified atom stereocenters. The van der Waals surface area contributed by atoms with Crippen molar-refractivity contribution in [2.24, 2.45) is 0 Å². The highest BCUT2D eigenvalue weighted by atomic mass is 16.3. The molecule has 0 saturated carbocycles. The van der Waals surface area contributed by atoms with Gasteiger partial charge in [-0.2, -0.15) is 10.2 Å². The summed E-state index contributed by atoms with van der Waals surface area (Å²) in [6.07, 6.45) is 7.13. The van der Waals surface area contributed by atoms with Crippen molar-refractivity contribution in [1.29, 1.82) is 0 Å². The van der Waals surface area contributed by atoms with Crippen molar-refractivity contribution in [3.05, 3.63) is 84.9 Å². The Kier molecular flexibility index (Phi) is 3.76. The highest BCUT2D eigenvalue weighted by Crippen LogP contribution is 2.32. The van der Waals surface area contributed by atoms with Gasteiger partial charge in [0, 0.05) is 35.3 Å². The molecule has 0 bridgehead atoms. The molecule has 27 heavy (non-hydrogen) atoms. The van der Waals surface area contributed by atoms with Crippen molar-refractivity contribution >= 4 is 27.4 Å². The van der Waals surface area contributed by atoms with Crippen LogP contribution in [0.5, 0.6) is 0 Å². The maximum Gasteiger partial charge on any atom is 0.137 e. The molecule has 0 amide bonds. The number of aromatic nitrogens is 3. The first-order valence-corrected chi connectivity index (χ1v) is 8.73. The molecule has 5 heteroatoms. The first-order valence-electron chi connectivity index (χ1n) is 8.73. The van der Waals surface area contributed by atoms with Crippen LogP contribution < -0.4 is 5.32 Å². The van der Waals surface area contributed by atoms with E-state index in [4.69, 9.17) is 4.42 Å². The molecule has 0 spiro atoms. The van der Waals surface area contributed by atoms with Crippen LogP contribution in [0.15, 0.2) is 83.8 Å². The largest absolute Gasteiger partial charge is 0.456 e. The van der Waals surface area contributed by atoms with Crippen LogP contribution in [-0.4, -0.2) is 15.2 Å². The predicted octanol–water partition coefficient (Wildman–Crippen LogP) is 5.05. The normalized spacial score (nSPS) is 11.1. The standard InChI is InChI=1S/C22H16N4O/c1-2-4-21-16(3-1)10-22(27-21)20-14-23-12-17-6-5-15(9-19(17)20)11-24-18-7-8-25-26-13-18/h1-10,12-14H,11H2,(H,24,25). The lowest BCUT2D eigenvalue weighted by Crippen LogP contribution is -2.00. The molecule has 0 aliphatic heterocycles. The Morgan fingerprint density at radius 3 is 2.70 bits per heavy atom. The van der Waals surface area contributed by atoms with E-state index in [0.717, 1.165) is 38.8 Å². The van der Waals surface area contributed by atoms with Crippen LogP contribution in [0.1, 0.15) is 5.56 Å². The number of pyridine rings is 1. The van der Waals surface area contributed by atoms with Gasteiger partial charge in [0.25, 0.3) is 0 Å². The summed E-state index contributed by atoms with van der Waals surface area (Å²) in [4.78, 5) is 4.39. The van der Waals surface area contributed by atoms with Gasteiger partial charge in [-0.25, -0.2) is 0 Å². The van der Waals surface area contributed by atoms with Gasteiger partial charge in [0.15, 0.2) is 0 Å². The maximum atomic E-state index is 6.06. The second-order valence-electron chi connectivity index (χ2n) is 6.38. The molecule has 3 aromatic heterocycles. The molecule has 130 valence electrons. The van der Waals surface area contributed by atoms with Crippen molar-refractivity contribution < 1.29 is 4.42 Å². The molecule has 0 aliphatic rings. The molecule has 0 aliphatic carbocycles. The fourth-order valence-electron chi connectivity index (χ4n) is 3.23. The van der Waals surface area contributed by atoms with E-state index in [2.05, 4.69) is 50.8 Å². The summed E-state index contributed by atoms with van der Waals surface area (Å²) >= 11 is 0. The molecular weight excluding hydrogens is 336 g/mol. The zero-order valence-corrected chi connectivity index (χ0v) is 14.5. The quantitative estimate of drug-likeness (QED) is 0.490. The SMILES string of the molecule is c1ccc2oc(-c3cncc4ccc(CNc5ccnnc5)cc34)cc2c1. The Labute approximate surface area is 155 Å². The fraction of sp³-hybridized carbons (Fsp3) is 0.0455. The van der Waals surface area contributed by atoms with Crippen LogP contribution in [-0.2, 0) is 6.54 Å². The van der Waals surface area contributed by atoms with Crippen molar-refractivity contribution in [1.82, 2.24) is 15.2 Å². The van der Waals surface area contributed by atoms with Gasteiger partial charge >= 0.3 is 0 Å². The topological polar surface area (TPSA) is 63.8 Å². The molecule has 5 aromatic rings. The number of furan rings is 1. The van der Waals surface area contributed by atoms with Gasteiger partial charge in [0.2, 0.25) is 0 Å². The maximum absolute atomic E-state index is 6.06. The Bertz CT molecular complexity index is 1200. The van der Waals surface area contributed by atoms with Crippen LogP contribution in [0.3, 0.4) is 0 Å². The molecule has 5 nitrogen and oxygen atoms in total. The van der Waals surface area contributed by atoms with Gasteiger partial charge < -0.3 is 9.73 Å². The van der Waals surface area contributed by atoms with Crippen molar-refractivity contribution in [3.63, 3.8) is 0 Å². The summed E-state index contributed by atoms with van der Waals surface area (Å²) in [5, 5.41) is 14.3. The summed E-state index contributed by atoms with van der Waals surface area (Å²) in [6.45, 7) is 0.698. The summed E-state index contributed by atoms with van der Waals surface area (Å²) in [7, 11) is 0. The molecule has 1 N–H and O–H groups in total. The average molecular weight is 352 g/mol. The Balaban J connectivity index is 1.54. The van der Waals surface area contributed by atoms with Crippen molar-refractivity contribution in [2.45, 2.75) is 6.54 Å². The lowest BCUT2D eigenvalue weighted by molar-refractivity contribution is 0.632. The van der Waals surface area contributed by atoms with Gasteiger partial charge in [-0.15, -0.1) is 0 Å². The first-order chi connectivity index (χ1) is 13.4. The third kappa shape index (κ3) is 3.00. The third-order valence-electron chi connectivity index (χ3n) is 4.60. The molecule has 2 aromatic carbocycles. The zero-order valence-electron chi connectivity index (χ0n) is 14.5. The zero-order chi connectivity index (χ0) is 18.1. The van der Waals surface area contributed by atoms with E-state index >= 15 is 0 Å². The molecule has 0 fully saturated rings. The third-order valence-corrected chi connectivity index (χ3v) is 4.60. The van der Waals surface area contributed by atoms with Gasteiger partial charge in [-0.1, -0.05) is 30.3 Å². The van der Waals surface area contributed by atoms with Crippen LogP contribution >= 0.6 is 0 Å². The van der Waals surface area contributed by atoms with E-state index < -0.39 is 0 Å². The van der Waals surface area contributed by atoms with Gasteiger partial charge in [-0.05, 0) is 35.2 Å². The molecule has 3 heterocycles. The predicted molar refractivity (Wildman–Crippen MR) is 106 cm³/mol. The Morgan fingerprint density at radius 2 is 1.81 bits per heavy atom. The molecule has 0 saturated heterocycles. The van der Waals surface area contributed by atoms with Gasteiger partial charge in [0.1, 0.15) is 11.3 Å². The average Bonchev–Trinajstić information content (AvgIpc) is 3.16. The number of para-hydroxylation sites is 1. The smallest absolute Gasteiger partial charge is 0.137 e. The second-order valence-corrected chi connectivity index (χ2v) is 6.38. The highest BCUT2D eigenvalue weighted by molar-refractivity contribution is 5.97. The summed E-state index contributed by atoms with van der Waals surface area (Å²) in [5.74, 6) is 0.831. The minimum Gasteiger partial charge on any atom is -0.456 e. The lowest BCUT2D eigenvalue weighted by atomic mass is 10.0. The fourth-order valence-corrected chi connectivity index (χ4v) is 3.23. The Morgan fingerprint density at radius 1 is 0.852 bits per heavy atom. The minimum atomic E-state index is 0.698. The van der Waals surface area contributed by atoms with E-state index in [9.17, 15) is 0 Å². The summed E-state index contributed by atoms with van der Waals surface area (Å²) in [6, 6.07) is 18.4. The van der Waals surface area contributed by atoms with Gasteiger partial charge in [-0.3, -0.25) is 4.98 Å². The number of anilines is 1. The Hall–Kier alpha value is -3.73. The van der Waals surface area contributed by atoms with Crippen molar-refractivity contribution in [3.8, 4) is 11.3 Å². The van der Waals surface area contributed by atoms with E-state index in [-0.39, 0.29) is 0 Å². The number of fused-ring (bicyclic) bond motifs is 2. The highest BCUT2D eigenvalue weighted by Gasteiger charge is 2.10. The van der Waals surface area contributed by atoms with E-state index in [0.29, 0.717) is 6.54 Å². The number of hydrogen-bond donors (Lipinski definition) is 1. The lowest BCUT2D eigenvalue weighted by Gasteiger charge is -2.09. The summed E-state index contributed by atoms with van der Waals surface area (Å²) < 4.78 is 6.06. The van der Waals surface area contributed by atoms with Crippen LogP contribution in [0, 0.1) is 0 Å². The number of nitrogens with one attached hydrogen (secondary N) is 1. The van der Waals surface area contributed by atoms with Crippen LogP contribution in [0.2, 0.25) is 0 Å². The van der Waals surface area contributed by atoms with Gasteiger partial charge in [0.05, 0.1) is 18.1 Å². The minimum absolute atomic E-state index is 0.698. The summed E-state index contributed by atoms with van der Waals surface area (Å²) in [5.41, 5.74) is 3.99. The monoisotopic (exact) mass is 352 g/mol. The first kappa shape index (κ1) is 15.5. The number of rotatable bonds is 4. The van der Waals surface area contributed by atoms with E-state index in [1.54, 1.807) is 12.4 Å². The molecule has 0 radical (unpaired) electrons. The van der Waals surface area contributed by atoms with E-state index in [1.807, 2.05) is 36.7 Å². The number of benzene rings is 2.